The molecule has 3 amide bonds. The Hall–Kier alpha value is -3.51. The number of anilines is 1. The molecule has 0 radical (unpaired) electrons. The van der Waals surface area contributed by atoms with Crippen LogP contribution in [0.1, 0.15) is 50.7 Å². The summed E-state index contributed by atoms with van der Waals surface area (Å²) in [4.78, 5) is 61.1. The lowest BCUT2D eigenvalue weighted by atomic mass is 9.70. The van der Waals surface area contributed by atoms with Gasteiger partial charge in [0.05, 0.1) is 24.0 Å². The van der Waals surface area contributed by atoms with Crippen LogP contribution in [0, 0.1) is 11.8 Å². The molecule has 12 heteroatoms. The summed E-state index contributed by atoms with van der Waals surface area (Å²) in [7, 11) is 1.68. The molecule has 1 unspecified atom stereocenters. The van der Waals surface area contributed by atoms with Gasteiger partial charge in [-0.25, -0.2) is 0 Å². The van der Waals surface area contributed by atoms with E-state index in [2.05, 4.69) is 29.1 Å². The number of esters is 1. The molecule has 2 aromatic carbocycles. The van der Waals surface area contributed by atoms with Crippen LogP contribution in [0.3, 0.4) is 0 Å². The summed E-state index contributed by atoms with van der Waals surface area (Å²) in [6.45, 7) is 9.68. The Balaban J connectivity index is 1.51. The topological polar surface area (TPSA) is 117 Å². The lowest BCUT2D eigenvalue weighted by molar-refractivity contribution is -0.164. The highest BCUT2D eigenvalue weighted by molar-refractivity contribution is 9.09. The number of carbonyl (C=O) groups excluding carboxylic acids is 4. The highest BCUT2D eigenvalue weighted by atomic mass is 79.9. The number of benzene rings is 2. The molecule has 3 aliphatic rings. The third-order valence-electron chi connectivity index (χ3n) is 10.2. The molecule has 268 valence electrons. The van der Waals surface area contributed by atoms with Crippen LogP contribution in [0.5, 0.6) is 0 Å². The predicted octanol–water partition coefficient (Wildman–Crippen LogP) is 5.48. The van der Waals surface area contributed by atoms with Crippen LogP contribution < -0.4 is 4.90 Å². The number of alkyl halides is 1. The monoisotopic (exact) mass is 769 g/mol. The maximum absolute atomic E-state index is 14.7. The second-order valence-electron chi connectivity index (χ2n) is 13.2. The second-order valence-corrected chi connectivity index (χ2v) is 14.8. The van der Waals surface area contributed by atoms with Crippen molar-refractivity contribution in [2.75, 3.05) is 31.6 Å². The van der Waals surface area contributed by atoms with Crippen molar-refractivity contribution in [2.24, 2.45) is 11.8 Å². The van der Waals surface area contributed by atoms with Gasteiger partial charge in [-0.1, -0.05) is 70.0 Å². The molecule has 0 aliphatic carbocycles. The van der Waals surface area contributed by atoms with Crippen molar-refractivity contribution in [2.45, 2.75) is 73.7 Å². The molecule has 2 aromatic rings. The van der Waals surface area contributed by atoms with Crippen LogP contribution >= 0.6 is 27.5 Å². The standard InChI is InChI=1S/C38H45BrClN3O7/c1-5-7-15-29(45)41(4)24(3)32(25-13-9-8-10-14-25)49-37(48)30-31-35(46)43(21-11-12-22-44)34(38(31)23-28(39)33(30)50-38)36(47)42(20-6-2)27-18-16-26(40)17-19-27/h5-6,8-10,13-14,16-19,24,28,30-34,44H,1-2,7,11-12,15,20-23H2,3-4H3/t24-,28?,30+,31-,32+,33+,34+,38-/m1/s1. The minimum Gasteiger partial charge on any atom is -0.455 e. The first-order valence-corrected chi connectivity index (χ1v) is 18.3. The molecule has 8 atom stereocenters. The van der Waals surface area contributed by atoms with Crippen molar-refractivity contribution >= 4 is 56.9 Å². The largest absolute Gasteiger partial charge is 0.455 e. The van der Waals surface area contributed by atoms with Gasteiger partial charge in [-0.2, -0.15) is 0 Å². The smallest absolute Gasteiger partial charge is 0.313 e. The van der Waals surface area contributed by atoms with Crippen LogP contribution in [-0.4, -0.2) is 94.0 Å². The molecule has 0 saturated carbocycles. The van der Waals surface area contributed by atoms with Crippen LogP contribution in [0.25, 0.3) is 0 Å². The molecule has 5 rings (SSSR count). The van der Waals surface area contributed by atoms with Gasteiger partial charge in [-0.15, -0.1) is 13.2 Å². The number of fused-ring (bicyclic) bond motifs is 1. The number of likely N-dealkylation sites (N-methyl/N-ethyl adjacent to an activating group) is 1. The lowest BCUT2D eigenvalue weighted by Crippen LogP contribution is -2.57. The van der Waals surface area contributed by atoms with Gasteiger partial charge in [0.1, 0.15) is 17.7 Å². The van der Waals surface area contributed by atoms with E-state index in [0.717, 1.165) is 0 Å². The normalized spacial score (nSPS) is 26.2. The van der Waals surface area contributed by atoms with Gasteiger partial charge in [0.15, 0.2) is 0 Å². The average molecular weight is 771 g/mol. The molecule has 0 aromatic heterocycles. The molecular formula is C38H45BrClN3O7. The van der Waals surface area contributed by atoms with Crippen molar-refractivity contribution < 1.29 is 33.8 Å². The Morgan fingerprint density at radius 3 is 2.48 bits per heavy atom. The van der Waals surface area contributed by atoms with Gasteiger partial charge in [0, 0.05) is 48.7 Å². The summed E-state index contributed by atoms with van der Waals surface area (Å²) in [6, 6.07) is 14.5. The molecule has 3 aliphatic heterocycles. The summed E-state index contributed by atoms with van der Waals surface area (Å²) in [5.41, 5.74) is -0.0369. The molecule has 1 N–H and O–H groups in total. The summed E-state index contributed by atoms with van der Waals surface area (Å²) in [5.74, 6) is -3.46. The summed E-state index contributed by atoms with van der Waals surface area (Å²) < 4.78 is 13.0. The van der Waals surface area contributed by atoms with E-state index in [-0.39, 0.29) is 48.7 Å². The number of rotatable bonds is 16. The van der Waals surface area contributed by atoms with Crippen molar-refractivity contribution in [3.8, 4) is 0 Å². The average Bonchev–Trinajstić information content (AvgIpc) is 3.71. The van der Waals surface area contributed by atoms with Crippen LogP contribution in [0.4, 0.5) is 5.69 Å². The molecule has 2 bridgehead atoms. The van der Waals surface area contributed by atoms with Crippen molar-refractivity contribution in [3.05, 3.63) is 90.5 Å². The Kier molecular flexibility index (Phi) is 12.2. The highest BCUT2D eigenvalue weighted by Gasteiger charge is 2.77. The zero-order chi connectivity index (χ0) is 36.2. The third kappa shape index (κ3) is 7.15. The zero-order valence-corrected chi connectivity index (χ0v) is 30.8. The number of unbranched alkanes of at least 4 members (excludes halogenated alkanes) is 1. The van der Waals surface area contributed by atoms with Crippen molar-refractivity contribution in [1.29, 1.82) is 0 Å². The SMILES string of the molecule is C=CCCC(=O)N(C)[C@H](C)[C@H](OC(=O)[C@@H]1[C@H]2O[C@@]3(CC2Br)[C@H](C(=O)N(CC=C)c2ccc(Cl)cc2)N(CCCCO)C(=O)[C@@H]13)c1ccccc1. The van der Waals surface area contributed by atoms with Crippen LogP contribution in [0.15, 0.2) is 79.9 Å². The summed E-state index contributed by atoms with van der Waals surface area (Å²) >= 11 is 9.89. The minimum absolute atomic E-state index is 0.0663. The number of likely N-dealkylation sites (tertiary alicyclic amines) is 1. The molecule has 3 fully saturated rings. The first kappa shape index (κ1) is 37.7. The van der Waals surface area contributed by atoms with Crippen molar-refractivity contribution in [3.63, 3.8) is 0 Å². The maximum Gasteiger partial charge on any atom is 0.313 e. The van der Waals surface area contributed by atoms with E-state index in [0.29, 0.717) is 42.0 Å². The number of hydrogen-bond donors (Lipinski definition) is 1. The highest BCUT2D eigenvalue weighted by Crippen LogP contribution is 2.60. The number of ether oxygens (including phenoxy) is 2. The fourth-order valence-electron chi connectivity index (χ4n) is 7.66. The molecule has 1 spiro atoms. The van der Waals surface area contributed by atoms with Gasteiger partial charge >= 0.3 is 5.97 Å². The third-order valence-corrected chi connectivity index (χ3v) is 11.3. The number of aliphatic hydroxyl groups is 1. The van der Waals surface area contributed by atoms with E-state index in [4.69, 9.17) is 21.1 Å². The molecule has 10 nitrogen and oxygen atoms in total. The van der Waals surface area contributed by atoms with E-state index < -0.39 is 47.7 Å². The van der Waals surface area contributed by atoms with E-state index in [9.17, 15) is 24.3 Å². The summed E-state index contributed by atoms with van der Waals surface area (Å²) in [5, 5.41) is 10.1. The maximum atomic E-state index is 14.7. The molecule has 3 saturated heterocycles. The quantitative estimate of drug-likeness (QED) is 0.104. The molecular weight excluding hydrogens is 726 g/mol. The first-order valence-electron chi connectivity index (χ1n) is 17.0. The van der Waals surface area contributed by atoms with Crippen LogP contribution in [-0.2, 0) is 28.7 Å². The minimum atomic E-state index is -1.31. The fourth-order valence-corrected chi connectivity index (χ4v) is 8.73. The van der Waals surface area contributed by atoms with Gasteiger partial charge < -0.3 is 29.3 Å². The van der Waals surface area contributed by atoms with Crippen molar-refractivity contribution in [1.82, 2.24) is 9.80 Å². The zero-order valence-electron chi connectivity index (χ0n) is 28.5. The van der Waals surface area contributed by atoms with E-state index in [1.54, 1.807) is 53.3 Å². The number of carbonyl (C=O) groups is 4. The Morgan fingerprint density at radius 1 is 1.14 bits per heavy atom. The van der Waals surface area contributed by atoms with E-state index in [1.165, 1.54) is 4.90 Å². The number of nitrogens with zero attached hydrogens (tertiary/aromatic N) is 3. The van der Waals surface area contributed by atoms with Crippen LogP contribution in [0.2, 0.25) is 5.02 Å². The number of amides is 3. The Bertz CT molecular complexity index is 1580. The van der Waals surface area contributed by atoms with E-state index >= 15 is 0 Å². The number of allylic oxidation sites excluding steroid dienone is 1. The molecule has 3 heterocycles. The van der Waals surface area contributed by atoms with Gasteiger partial charge in [0.2, 0.25) is 11.8 Å². The first-order chi connectivity index (χ1) is 24.0. The van der Waals surface area contributed by atoms with E-state index in [1.807, 2.05) is 37.3 Å². The predicted molar refractivity (Wildman–Crippen MR) is 195 cm³/mol. The van der Waals surface area contributed by atoms with Gasteiger partial charge in [-0.05, 0) is 62.4 Å². The summed E-state index contributed by atoms with van der Waals surface area (Å²) in [6.07, 6.45) is 3.72. The fraction of sp³-hybridized carbons (Fsp3) is 0.474. The number of hydrogen-bond acceptors (Lipinski definition) is 7. The van der Waals surface area contributed by atoms with Gasteiger partial charge in [-0.3, -0.25) is 19.2 Å². The number of aliphatic hydroxyl groups excluding tert-OH is 1. The molecule has 50 heavy (non-hydrogen) atoms. The number of halogens is 2. The Morgan fingerprint density at radius 2 is 1.84 bits per heavy atom. The Labute approximate surface area is 307 Å². The lowest BCUT2D eigenvalue weighted by Gasteiger charge is -2.37. The second kappa shape index (κ2) is 16.2. The van der Waals surface area contributed by atoms with Gasteiger partial charge in [0.25, 0.3) is 5.91 Å².